The van der Waals surface area contributed by atoms with Crippen LogP contribution in [0.3, 0.4) is 0 Å². The second kappa shape index (κ2) is 5.86. The van der Waals surface area contributed by atoms with E-state index in [9.17, 15) is 0 Å². The molecule has 1 aliphatic heterocycles. The zero-order valence-electron chi connectivity index (χ0n) is 13.4. The molecule has 118 valence electrons. The first kappa shape index (κ1) is 14.5. The van der Waals surface area contributed by atoms with Gasteiger partial charge in [-0.2, -0.15) is 5.10 Å². The van der Waals surface area contributed by atoms with E-state index in [0.717, 1.165) is 42.5 Å². The molecule has 0 saturated carbocycles. The molecule has 5 nitrogen and oxygen atoms in total. The van der Waals surface area contributed by atoms with Crippen molar-refractivity contribution in [2.24, 2.45) is 7.05 Å². The first-order chi connectivity index (χ1) is 11.2. The lowest BCUT2D eigenvalue weighted by molar-refractivity contribution is 0.239. The van der Waals surface area contributed by atoms with Gasteiger partial charge in [-0.15, -0.1) is 11.3 Å². The predicted octanol–water partition coefficient (Wildman–Crippen LogP) is 2.81. The average Bonchev–Trinajstić information content (AvgIpc) is 3.18. The van der Waals surface area contributed by atoms with Crippen molar-refractivity contribution in [2.75, 3.05) is 6.54 Å². The van der Waals surface area contributed by atoms with Gasteiger partial charge in [0.05, 0.1) is 16.3 Å². The zero-order chi connectivity index (χ0) is 15.8. The highest BCUT2D eigenvalue weighted by Crippen LogP contribution is 2.24. The molecule has 0 saturated heterocycles. The summed E-state index contributed by atoms with van der Waals surface area (Å²) in [6, 6.07) is 6.27. The number of thiophene rings is 1. The van der Waals surface area contributed by atoms with Crippen LogP contribution in [0.4, 0.5) is 0 Å². The van der Waals surface area contributed by atoms with Crippen molar-refractivity contribution >= 4 is 11.3 Å². The summed E-state index contributed by atoms with van der Waals surface area (Å²) in [5, 5.41) is 6.62. The van der Waals surface area contributed by atoms with E-state index < -0.39 is 0 Å². The van der Waals surface area contributed by atoms with Crippen LogP contribution in [-0.2, 0) is 26.6 Å². The fraction of sp³-hybridized carbons (Fsp3) is 0.353. The largest absolute Gasteiger partial charge is 0.293 e. The van der Waals surface area contributed by atoms with Crippen LogP contribution in [0.25, 0.3) is 10.7 Å². The minimum atomic E-state index is 0.854. The van der Waals surface area contributed by atoms with E-state index >= 15 is 0 Å². The molecule has 0 radical (unpaired) electrons. The Morgan fingerprint density at radius 3 is 3.00 bits per heavy atom. The molecule has 0 atom stereocenters. The van der Waals surface area contributed by atoms with E-state index in [-0.39, 0.29) is 0 Å². The Labute approximate surface area is 139 Å². The van der Waals surface area contributed by atoms with Gasteiger partial charge in [-0.3, -0.25) is 9.58 Å². The van der Waals surface area contributed by atoms with Gasteiger partial charge >= 0.3 is 0 Å². The van der Waals surface area contributed by atoms with Crippen molar-refractivity contribution in [2.45, 2.75) is 26.4 Å². The summed E-state index contributed by atoms with van der Waals surface area (Å²) in [6.45, 7) is 4.88. The zero-order valence-corrected chi connectivity index (χ0v) is 14.2. The average molecular weight is 325 g/mol. The molecule has 4 heterocycles. The van der Waals surface area contributed by atoms with E-state index in [1.807, 2.05) is 24.0 Å². The topological polar surface area (TPSA) is 46.8 Å². The lowest BCUT2D eigenvalue weighted by atomic mass is 10.1. The summed E-state index contributed by atoms with van der Waals surface area (Å²) in [5.41, 5.74) is 4.76. The third-order valence-corrected chi connectivity index (χ3v) is 5.17. The Morgan fingerprint density at radius 2 is 2.26 bits per heavy atom. The maximum atomic E-state index is 4.77. The number of hydrogen-bond acceptors (Lipinski definition) is 5. The first-order valence-corrected chi connectivity index (χ1v) is 8.67. The normalized spacial score (nSPS) is 14.9. The van der Waals surface area contributed by atoms with Crippen LogP contribution in [-0.4, -0.2) is 31.2 Å². The van der Waals surface area contributed by atoms with E-state index in [1.165, 1.54) is 17.0 Å². The van der Waals surface area contributed by atoms with Gasteiger partial charge in [0.1, 0.15) is 0 Å². The monoisotopic (exact) mass is 325 g/mol. The van der Waals surface area contributed by atoms with Crippen molar-refractivity contribution in [1.29, 1.82) is 0 Å². The molecule has 0 fully saturated rings. The Bertz CT molecular complexity index is 802. The summed E-state index contributed by atoms with van der Waals surface area (Å²) < 4.78 is 1.93. The Hall–Kier alpha value is -2.05. The van der Waals surface area contributed by atoms with E-state index in [1.54, 1.807) is 11.3 Å². The molecule has 3 aromatic rings. The van der Waals surface area contributed by atoms with Crippen LogP contribution < -0.4 is 0 Å². The fourth-order valence-electron chi connectivity index (χ4n) is 2.98. The second-order valence-corrected chi connectivity index (χ2v) is 6.95. The second-order valence-electron chi connectivity index (χ2n) is 6.00. The van der Waals surface area contributed by atoms with Crippen molar-refractivity contribution in [1.82, 2.24) is 24.6 Å². The highest BCUT2D eigenvalue weighted by atomic mass is 32.1. The van der Waals surface area contributed by atoms with Gasteiger partial charge in [0, 0.05) is 50.6 Å². The third kappa shape index (κ3) is 2.92. The van der Waals surface area contributed by atoms with Crippen LogP contribution in [0.5, 0.6) is 0 Å². The summed E-state index contributed by atoms with van der Waals surface area (Å²) in [7, 11) is 1.99. The van der Waals surface area contributed by atoms with Crippen LogP contribution in [0.1, 0.15) is 22.6 Å². The summed E-state index contributed by atoms with van der Waals surface area (Å²) in [5.74, 6) is 0.854. The highest BCUT2D eigenvalue weighted by molar-refractivity contribution is 7.13. The van der Waals surface area contributed by atoms with Gasteiger partial charge in [0.2, 0.25) is 0 Å². The maximum absolute atomic E-state index is 4.77. The van der Waals surface area contributed by atoms with Crippen LogP contribution in [0.15, 0.2) is 29.8 Å². The van der Waals surface area contributed by atoms with Crippen molar-refractivity contribution in [3.63, 3.8) is 0 Å². The molecule has 0 N–H and O–H groups in total. The first-order valence-electron chi connectivity index (χ1n) is 7.79. The molecule has 0 aliphatic carbocycles. The molecule has 3 aromatic heterocycles. The van der Waals surface area contributed by atoms with E-state index in [4.69, 9.17) is 4.98 Å². The number of nitrogens with zero attached hydrogens (tertiary/aromatic N) is 5. The molecule has 1 aliphatic rings. The molecule has 0 aromatic carbocycles. The standard InChI is InChI=1S/C17H19N5S/c1-12-8-14(20-21(12)2)11-22-6-5-15-13(10-22)9-18-17(19-15)16-4-3-7-23-16/h3-4,7-9H,5-6,10-11H2,1-2H3. The van der Waals surface area contributed by atoms with Gasteiger partial charge in [-0.1, -0.05) is 6.07 Å². The number of hydrogen-bond donors (Lipinski definition) is 0. The van der Waals surface area contributed by atoms with Crippen LogP contribution >= 0.6 is 11.3 Å². The molecule has 0 unspecified atom stereocenters. The maximum Gasteiger partial charge on any atom is 0.169 e. The lowest BCUT2D eigenvalue weighted by Crippen LogP contribution is -2.31. The van der Waals surface area contributed by atoms with E-state index in [0.29, 0.717) is 0 Å². The number of aromatic nitrogens is 4. The van der Waals surface area contributed by atoms with Gasteiger partial charge < -0.3 is 0 Å². The molecule has 23 heavy (non-hydrogen) atoms. The number of rotatable bonds is 3. The molecular weight excluding hydrogens is 306 g/mol. The smallest absolute Gasteiger partial charge is 0.169 e. The predicted molar refractivity (Wildman–Crippen MR) is 91.1 cm³/mol. The van der Waals surface area contributed by atoms with Crippen molar-refractivity contribution in [3.8, 4) is 10.7 Å². The quantitative estimate of drug-likeness (QED) is 0.743. The molecule has 4 rings (SSSR count). The number of aryl methyl sites for hydroxylation is 2. The van der Waals surface area contributed by atoms with E-state index in [2.05, 4.69) is 39.4 Å². The van der Waals surface area contributed by atoms with Crippen molar-refractivity contribution in [3.05, 3.63) is 52.4 Å². The minimum absolute atomic E-state index is 0.854. The summed E-state index contributed by atoms with van der Waals surface area (Å²) >= 11 is 1.69. The Balaban J connectivity index is 1.51. The molecule has 0 spiro atoms. The van der Waals surface area contributed by atoms with Gasteiger partial charge in [-0.25, -0.2) is 9.97 Å². The Morgan fingerprint density at radius 1 is 1.35 bits per heavy atom. The highest BCUT2D eigenvalue weighted by Gasteiger charge is 2.20. The molecule has 6 heteroatoms. The van der Waals surface area contributed by atoms with Gasteiger partial charge in [0.25, 0.3) is 0 Å². The van der Waals surface area contributed by atoms with Gasteiger partial charge in [-0.05, 0) is 24.4 Å². The minimum Gasteiger partial charge on any atom is -0.293 e. The third-order valence-electron chi connectivity index (χ3n) is 4.30. The SMILES string of the molecule is Cc1cc(CN2CCc3nc(-c4cccs4)ncc3C2)nn1C. The Kier molecular flexibility index (Phi) is 3.71. The van der Waals surface area contributed by atoms with Crippen molar-refractivity contribution < 1.29 is 0 Å². The molecule has 0 bridgehead atoms. The molecule has 0 amide bonds. The lowest BCUT2D eigenvalue weighted by Gasteiger charge is -2.27. The fourth-order valence-corrected chi connectivity index (χ4v) is 3.64. The van der Waals surface area contributed by atoms with Gasteiger partial charge in [0.15, 0.2) is 5.82 Å². The van der Waals surface area contributed by atoms with Crippen LogP contribution in [0, 0.1) is 6.92 Å². The van der Waals surface area contributed by atoms with Crippen LogP contribution in [0.2, 0.25) is 0 Å². The summed E-state index contributed by atoms with van der Waals surface area (Å²) in [6.07, 6.45) is 2.97. The molecular formula is C17H19N5S. The number of fused-ring (bicyclic) bond motifs is 1. The summed E-state index contributed by atoms with van der Waals surface area (Å²) in [4.78, 5) is 12.9.